The van der Waals surface area contributed by atoms with Gasteiger partial charge in [0.05, 0.1) is 5.84 Å². The molecule has 72 valence electrons. The van der Waals surface area contributed by atoms with E-state index in [0.29, 0.717) is 11.1 Å². The number of thioether (sulfide) groups is 1. The molecule has 0 aromatic rings. The van der Waals surface area contributed by atoms with Crippen molar-refractivity contribution in [1.29, 1.82) is 5.41 Å². The fourth-order valence-electron chi connectivity index (χ4n) is 0.815. The molecule has 0 saturated heterocycles. The largest absolute Gasteiger partial charge is 0.388 e. The van der Waals surface area contributed by atoms with Crippen LogP contribution < -0.4 is 5.73 Å². The zero-order valence-electron chi connectivity index (χ0n) is 8.26. The highest BCUT2D eigenvalue weighted by atomic mass is 32.2. The van der Waals surface area contributed by atoms with E-state index in [1.165, 1.54) is 12.2 Å². The minimum Gasteiger partial charge on any atom is -0.388 e. The molecule has 2 atom stereocenters. The molecule has 0 fully saturated rings. The molecule has 12 heavy (non-hydrogen) atoms. The molecule has 0 aliphatic carbocycles. The first-order valence-corrected chi connectivity index (χ1v) is 5.55. The third-order valence-corrected chi connectivity index (χ3v) is 3.37. The van der Waals surface area contributed by atoms with Gasteiger partial charge >= 0.3 is 0 Å². The monoisotopic (exact) mass is 188 g/mol. The molecule has 0 aliphatic heterocycles. The second kappa shape index (κ2) is 6.35. The minimum atomic E-state index is 0.305. The van der Waals surface area contributed by atoms with Gasteiger partial charge in [0.1, 0.15) is 0 Å². The number of hydrogen-bond acceptors (Lipinski definition) is 2. The van der Waals surface area contributed by atoms with Crippen LogP contribution in [0.4, 0.5) is 0 Å². The van der Waals surface area contributed by atoms with E-state index in [4.69, 9.17) is 11.1 Å². The molecular weight excluding hydrogens is 168 g/mol. The van der Waals surface area contributed by atoms with Gasteiger partial charge in [-0.1, -0.05) is 27.2 Å². The lowest BCUT2D eigenvalue weighted by Crippen LogP contribution is -2.15. The van der Waals surface area contributed by atoms with E-state index in [0.717, 1.165) is 12.3 Å². The van der Waals surface area contributed by atoms with E-state index in [9.17, 15) is 0 Å². The molecule has 2 unspecified atom stereocenters. The summed E-state index contributed by atoms with van der Waals surface area (Å²) in [5.41, 5.74) is 5.30. The zero-order valence-corrected chi connectivity index (χ0v) is 9.08. The van der Waals surface area contributed by atoms with Gasteiger partial charge < -0.3 is 5.73 Å². The van der Waals surface area contributed by atoms with E-state index in [1.807, 2.05) is 11.8 Å². The number of rotatable bonds is 6. The Hall–Kier alpha value is -0.180. The van der Waals surface area contributed by atoms with Crippen LogP contribution in [0.25, 0.3) is 0 Å². The predicted molar refractivity (Wildman–Crippen MR) is 57.9 cm³/mol. The SMILES string of the molecule is CCC(C)CSC(C)CC(=N)N. The summed E-state index contributed by atoms with van der Waals surface area (Å²) in [5.74, 6) is 2.27. The van der Waals surface area contributed by atoms with E-state index in [1.54, 1.807) is 0 Å². The normalized spacial score (nSPS) is 15.6. The summed E-state index contributed by atoms with van der Waals surface area (Å²) >= 11 is 1.92. The van der Waals surface area contributed by atoms with Gasteiger partial charge in [-0.15, -0.1) is 0 Å². The predicted octanol–water partition coefficient (Wildman–Crippen LogP) is 2.48. The zero-order chi connectivity index (χ0) is 9.56. The van der Waals surface area contributed by atoms with Crippen LogP contribution in [-0.2, 0) is 0 Å². The van der Waals surface area contributed by atoms with E-state index in [-0.39, 0.29) is 0 Å². The molecule has 0 heterocycles. The Balaban J connectivity index is 3.43. The molecule has 0 amide bonds. The maximum absolute atomic E-state index is 7.12. The summed E-state index contributed by atoms with van der Waals surface area (Å²) in [6.07, 6.45) is 1.96. The summed E-state index contributed by atoms with van der Waals surface area (Å²) in [6, 6.07) is 0. The first-order valence-electron chi connectivity index (χ1n) is 4.50. The van der Waals surface area contributed by atoms with Crippen LogP contribution in [0.5, 0.6) is 0 Å². The Morgan fingerprint density at radius 1 is 1.50 bits per heavy atom. The molecule has 0 spiro atoms. The van der Waals surface area contributed by atoms with Crippen molar-refractivity contribution in [2.45, 2.75) is 38.9 Å². The van der Waals surface area contributed by atoms with Crippen molar-refractivity contribution in [3.05, 3.63) is 0 Å². The van der Waals surface area contributed by atoms with Crippen molar-refractivity contribution in [1.82, 2.24) is 0 Å². The van der Waals surface area contributed by atoms with Gasteiger partial charge in [-0.05, 0) is 11.7 Å². The van der Waals surface area contributed by atoms with Crippen molar-refractivity contribution in [2.24, 2.45) is 11.7 Å². The molecular formula is C9H20N2S. The first-order chi connectivity index (χ1) is 5.56. The third-order valence-electron chi connectivity index (χ3n) is 1.87. The van der Waals surface area contributed by atoms with Crippen molar-refractivity contribution in [3.63, 3.8) is 0 Å². The van der Waals surface area contributed by atoms with Crippen molar-refractivity contribution in [3.8, 4) is 0 Å². The van der Waals surface area contributed by atoms with Crippen molar-refractivity contribution < 1.29 is 0 Å². The highest BCUT2D eigenvalue weighted by molar-refractivity contribution is 7.99. The lowest BCUT2D eigenvalue weighted by molar-refractivity contribution is 0.635. The molecule has 0 aromatic heterocycles. The smallest absolute Gasteiger partial charge is 0.0916 e. The van der Waals surface area contributed by atoms with Crippen molar-refractivity contribution >= 4 is 17.6 Å². The summed E-state index contributed by atoms with van der Waals surface area (Å²) in [7, 11) is 0. The first kappa shape index (κ1) is 11.8. The lowest BCUT2D eigenvalue weighted by atomic mass is 10.2. The minimum absolute atomic E-state index is 0.305. The Labute approximate surface area is 79.8 Å². The number of amidine groups is 1. The molecule has 0 saturated carbocycles. The quantitative estimate of drug-likeness (QED) is 0.497. The molecule has 3 N–H and O–H groups in total. The summed E-state index contributed by atoms with van der Waals surface area (Å²) in [5, 5.41) is 7.62. The van der Waals surface area contributed by atoms with Crippen LogP contribution in [0.3, 0.4) is 0 Å². The highest BCUT2D eigenvalue weighted by Crippen LogP contribution is 2.18. The average molecular weight is 188 g/mol. The van der Waals surface area contributed by atoms with Crippen LogP contribution in [-0.4, -0.2) is 16.8 Å². The van der Waals surface area contributed by atoms with Crippen LogP contribution in [0, 0.1) is 11.3 Å². The number of nitrogens with two attached hydrogens (primary N) is 1. The van der Waals surface area contributed by atoms with Gasteiger partial charge in [0, 0.05) is 11.7 Å². The summed E-state index contributed by atoms with van der Waals surface area (Å²) in [4.78, 5) is 0. The molecule has 3 heteroatoms. The van der Waals surface area contributed by atoms with Crippen molar-refractivity contribution in [2.75, 3.05) is 5.75 Å². The van der Waals surface area contributed by atoms with Gasteiger partial charge in [-0.25, -0.2) is 0 Å². The van der Waals surface area contributed by atoms with E-state index >= 15 is 0 Å². The van der Waals surface area contributed by atoms with E-state index < -0.39 is 0 Å². The third kappa shape index (κ3) is 6.53. The molecule has 0 aromatic carbocycles. The van der Waals surface area contributed by atoms with Gasteiger partial charge in [0.15, 0.2) is 0 Å². The second-order valence-electron chi connectivity index (χ2n) is 3.39. The molecule has 0 aliphatic rings. The molecule has 0 radical (unpaired) electrons. The second-order valence-corrected chi connectivity index (χ2v) is 4.86. The topological polar surface area (TPSA) is 49.9 Å². The Bertz CT molecular complexity index is 136. The maximum atomic E-state index is 7.12. The van der Waals surface area contributed by atoms with Gasteiger partial charge in [0.25, 0.3) is 0 Å². The summed E-state index contributed by atoms with van der Waals surface area (Å²) in [6.45, 7) is 6.60. The Kier molecular flexibility index (Phi) is 6.25. The Morgan fingerprint density at radius 2 is 2.08 bits per heavy atom. The van der Waals surface area contributed by atoms with Gasteiger partial charge in [0.2, 0.25) is 0 Å². The fourth-order valence-corrected chi connectivity index (χ4v) is 2.01. The van der Waals surface area contributed by atoms with Gasteiger partial charge in [-0.2, -0.15) is 11.8 Å². The van der Waals surface area contributed by atoms with E-state index in [2.05, 4.69) is 20.8 Å². The number of nitrogens with one attached hydrogen (secondary N) is 1. The van der Waals surface area contributed by atoms with Crippen LogP contribution >= 0.6 is 11.8 Å². The van der Waals surface area contributed by atoms with Crippen LogP contribution in [0.1, 0.15) is 33.6 Å². The average Bonchev–Trinajstić information content (AvgIpc) is 1.99. The lowest BCUT2D eigenvalue weighted by Gasteiger charge is -2.13. The fraction of sp³-hybridized carbons (Fsp3) is 0.889. The summed E-state index contributed by atoms with van der Waals surface area (Å²) < 4.78 is 0. The van der Waals surface area contributed by atoms with Gasteiger partial charge in [-0.3, -0.25) is 5.41 Å². The maximum Gasteiger partial charge on any atom is 0.0916 e. The highest BCUT2D eigenvalue weighted by Gasteiger charge is 2.06. The number of hydrogen-bond donors (Lipinski definition) is 2. The molecule has 0 bridgehead atoms. The molecule has 2 nitrogen and oxygen atoms in total. The Morgan fingerprint density at radius 3 is 2.50 bits per heavy atom. The molecule has 0 rings (SSSR count). The van der Waals surface area contributed by atoms with Crippen LogP contribution in [0.2, 0.25) is 0 Å². The standard InChI is InChI=1S/C9H20N2S/c1-4-7(2)6-12-8(3)5-9(10)11/h7-8H,4-6H2,1-3H3,(H3,10,11). The van der Waals surface area contributed by atoms with Crippen LogP contribution in [0.15, 0.2) is 0 Å².